The fourth-order valence-electron chi connectivity index (χ4n) is 3.54. The van der Waals surface area contributed by atoms with Crippen LogP contribution in [0.15, 0.2) is 60.8 Å². The maximum atomic E-state index is 11.1. The second kappa shape index (κ2) is 8.27. The van der Waals surface area contributed by atoms with E-state index in [4.69, 9.17) is 19.3 Å². The van der Waals surface area contributed by atoms with Crippen molar-refractivity contribution in [3.8, 4) is 5.75 Å². The fourth-order valence-corrected chi connectivity index (χ4v) is 3.54. The number of benzene rings is 2. The van der Waals surface area contributed by atoms with E-state index >= 15 is 0 Å². The Morgan fingerprint density at radius 2 is 1.86 bits per heavy atom. The third kappa shape index (κ3) is 4.44. The number of hydrogen-bond acceptors (Lipinski definition) is 4. The van der Waals surface area contributed by atoms with Gasteiger partial charge in [0.05, 0.1) is 19.8 Å². The van der Waals surface area contributed by atoms with Crippen LogP contribution in [0, 0.1) is 5.92 Å². The lowest BCUT2D eigenvalue weighted by Crippen LogP contribution is -2.48. The molecule has 0 spiro atoms. The molecule has 0 saturated carbocycles. The first-order valence-corrected chi connectivity index (χ1v) is 9.80. The van der Waals surface area contributed by atoms with Crippen molar-refractivity contribution in [1.29, 1.82) is 0 Å². The van der Waals surface area contributed by atoms with Gasteiger partial charge in [0.1, 0.15) is 12.4 Å². The van der Waals surface area contributed by atoms with Gasteiger partial charge in [0.15, 0.2) is 0 Å². The highest BCUT2D eigenvalue weighted by atomic mass is 16.7. The van der Waals surface area contributed by atoms with E-state index < -0.39 is 11.8 Å². The summed E-state index contributed by atoms with van der Waals surface area (Å²) in [5.74, 6) is -1.65. The van der Waals surface area contributed by atoms with Crippen LogP contribution >= 0.6 is 0 Å². The maximum Gasteiger partial charge on any atom is 0.364 e. The summed E-state index contributed by atoms with van der Waals surface area (Å²) in [7, 11) is 0. The largest absolute Gasteiger partial charge is 0.492 e. The first kappa shape index (κ1) is 19.5. The molecule has 29 heavy (non-hydrogen) atoms. The van der Waals surface area contributed by atoms with Crippen molar-refractivity contribution in [2.24, 2.45) is 5.92 Å². The Hall–Kier alpha value is -2.83. The quantitative estimate of drug-likeness (QED) is 0.660. The second-order valence-corrected chi connectivity index (χ2v) is 7.50. The van der Waals surface area contributed by atoms with Crippen LogP contribution in [0.5, 0.6) is 5.75 Å². The molecule has 0 atom stereocenters. The van der Waals surface area contributed by atoms with Crippen LogP contribution in [0.25, 0.3) is 10.9 Å². The van der Waals surface area contributed by atoms with E-state index in [1.54, 1.807) is 0 Å². The molecule has 6 nitrogen and oxygen atoms in total. The van der Waals surface area contributed by atoms with Crippen LogP contribution < -0.4 is 4.74 Å². The van der Waals surface area contributed by atoms with Crippen LogP contribution in [-0.2, 0) is 27.2 Å². The van der Waals surface area contributed by atoms with Gasteiger partial charge in [-0.3, -0.25) is 0 Å². The number of ether oxygens (including phenoxy) is 3. The lowest BCUT2D eigenvalue weighted by Gasteiger charge is -2.34. The SMILES string of the molecule is C[C@]1(C(=O)O)OC[C@H](Cc2ccc(OCCn3ccc4ccccc43)cc2)CO1. The summed E-state index contributed by atoms with van der Waals surface area (Å²) in [4.78, 5) is 11.1. The molecule has 0 unspecified atom stereocenters. The van der Waals surface area contributed by atoms with Crippen LogP contribution in [0.3, 0.4) is 0 Å². The van der Waals surface area contributed by atoms with E-state index in [-0.39, 0.29) is 5.92 Å². The summed E-state index contributed by atoms with van der Waals surface area (Å²) >= 11 is 0. The fraction of sp³-hybridized carbons (Fsp3) is 0.348. The Morgan fingerprint density at radius 1 is 1.14 bits per heavy atom. The average molecular weight is 395 g/mol. The molecule has 1 aromatic heterocycles. The van der Waals surface area contributed by atoms with Crippen LogP contribution in [0.4, 0.5) is 0 Å². The zero-order valence-corrected chi connectivity index (χ0v) is 16.4. The summed E-state index contributed by atoms with van der Waals surface area (Å²) in [6.45, 7) is 3.55. The Bertz CT molecular complexity index is 970. The molecule has 1 aliphatic rings. The van der Waals surface area contributed by atoms with Crippen molar-refractivity contribution in [3.05, 3.63) is 66.4 Å². The van der Waals surface area contributed by atoms with Crippen LogP contribution in [0.1, 0.15) is 12.5 Å². The molecule has 0 aliphatic carbocycles. The van der Waals surface area contributed by atoms with Crippen molar-refractivity contribution < 1.29 is 24.1 Å². The molecule has 6 heteroatoms. The lowest BCUT2D eigenvalue weighted by atomic mass is 9.99. The van der Waals surface area contributed by atoms with E-state index in [1.165, 1.54) is 17.8 Å². The first-order chi connectivity index (χ1) is 14.0. The minimum atomic E-state index is -1.53. The number of para-hydroxylation sites is 1. The number of aliphatic carboxylic acids is 1. The smallest absolute Gasteiger partial charge is 0.364 e. The van der Waals surface area contributed by atoms with Gasteiger partial charge in [-0.2, -0.15) is 0 Å². The number of fused-ring (bicyclic) bond motifs is 1. The molecule has 4 rings (SSSR count). The minimum absolute atomic E-state index is 0.135. The van der Waals surface area contributed by atoms with Crippen molar-refractivity contribution in [2.45, 2.75) is 25.7 Å². The molecule has 0 bridgehead atoms. The van der Waals surface area contributed by atoms with Gasteiger partial charge in [-0.1, -0.05) is 30.3 Å². The number of nitrogens with zero attached hydrogens (tertiary/aromatic N) is 1. The van der Waals surface area contributed by atoms with E-state index in [1.807, 2.05) is 36.4 Å². The zero-order valence-electron chi connectivity index (χ0n) is 16.4. The molecule has 1 aliphatic heterocycles. The molecule has 0 radical (unpaired) electrons. The standard InChI is InChI=1S/C23H25NO5/c1-23(22(25)26)28-15-18(16-29-23)14-17-6-8-20(9-7-17)27-13-12-24-11-10-19-4-2-3-5-21(19)24/h2-11,18H,12-16H2,1H3,(H,25,26)/t18-,23-. The zero-order chi connectivity index (χ0) is 20.3. The summed E-state index contributed by atoms with van der Waals surface area (Å²) in [6, 6.07) is 18.4. The van der Waals surface area contributed by atoms with E-state index in [0.717, 1.165) is 24.3 Å². The van der Waals surface area contributed by atoms with Gasteiger partial charge in [-0.15, -0.1) is 0 Å². The average Bonchev–Trinajstić information content (AvgIpc) is 3.14. The monoisotopic (exact) mass is 395 g/mol. The third-order valence-electron chi connectivity index (χ3n) is 5.31. The number of carboxylic acids is 1. The van der Waals surface area contributed by atoms with Crippen molar-refractivity contribution in [3.63, 3.8) is 0 Å². The number of hydrogen-bond donors (Lipinski definition) is 1. The van der Waals surface area contributed by atoms with E-state index in [2.05, 4.69) is 29.0 Å². The highest BCUT2D eigenvalue weighted by molar-refractivity contribution is 5.79. The molecular formula is C23H25NO5. The van der Waals surface area contributed by atoms with Gasteiger partial charge < -0.3 is 23.9 Å². The van der Waals surface area contributed by atoms with Gasteiger partial charge >= 0.3 is 5.97 Å². The molecular weight excluding hydrogens is 370 g/mol. The van der Waals surface area contributed by atoms with Gasteiger partial charge in [-0.25, -0.2) is 4.79 Å². The van der Waals surface area contributed by atoms with Crippen molar-refractivity contribution in [2.75, 3.05) is 19.8 Å². The Balaban J connectivity index is 1.26. The summed E-state index contributed by atoms with van der Waals surface area (Å²) in [5, 5.41) is 10.4. The highest BCUT2D eigenvalue weighted by Gasteiger charge is 2.40. The molecule has 1 saturated heterocycles. The van der Waals surface area contributed by atoms with E-state index in [0.29, 0.717) is 19.8 Å². The summed E-state index contributed by atoms with van der Waals surface area (Å²) in [5.41, 5.74) is 2.35. The normalized spacial score (nSPS) is 21.9. The summed E-state index contributed by atoms with van der Waals surface area (Å²) in [6.07, 6.45) is 2.85. The molecule has 1 fully saturated rings. The number of carboxylic acid groups (broad SMARTS) is 1. The van der Waals surface area contributed by atoms with Gasteiger partial charge in [0.25, 0.3) is 5.79 Å². The van der Waals surface area contributed by atoms with Crippen molar-refractivity contribution in [1.82, 2.24) is 4.57 Å². The predicted octanol–water partition coefficient (Wildman–Crippen LogP) is 3.73. The summed E-state index contributed by atoms with van der Waals surface area (Å²) < 4.78 is 18.9. The third-order valence-corrected chi connectivity index (χ3v) is 5.31. The number of carbonyl (C=O) groups is 1. The Morgan fingerprint density at radius 3 is 2.59 bits per heavy atom. The molecule has 152 valence electrons. The minimum Gasteiger partial charge on any atom is -0.492 e. The topological polar surface area (TPSA) is 69.9 Å². The first-order valence-electron chi connectivity index (χ1n) is 9.80. The Kier molecular flexibility index (Phi) is 5.56. The van der Waals surface area contributed by atoms with Crippen LogP contribution in [0.2, 0.25) is 0 Å². The molecule has 0 amide bonds. The van der Waals surface area contributed by atoms with Gasteiger partial charge in [-0.05, 0) is 41.6 Å². The molecule has 3 aromatic rings. The predicted molar refractivity (Wildman–Crippen MR) is 109 cm³/mol. The highest BCUT2D eigenvalue weighted by Crippen LogP contribution is 2.24. The number of rotatable bonds is 7. The van der Waals surface area contributed by atoms with E-state index in [9.17, 15) is 4.79 Å². The van der Waals surface area contributed by atoms with Crippen LogP contribution in [-0.4, -0.2) is 41.3 Å². The van der Waals surface area contributed by atoms with Gasteiger partial charge in [0, 0.05) is 24.6 Å². The van der Waals surface area contributed by atoms with Gasteiger partial charge in [0.2, 0.25) is 0 Å². The molecule has 1 N–H and O–H groups in total. The maximum absolute atomic E-state index is 11.1. The van der Waals surface area contributed by atoms with Crippen molar-refractivity contribution >= 4 is 16.9 Å². The number of aromatic nitrogens is 1. The Labute approximate surface area is 169 Å². The second-order valence-electron chi connectivity index (χ2n) is 7.50. The molecule has 2 aromatic carbocycles. The molecule has 2 heterocycles. The lowest BCUT2D eigenvalue weighted by molar-refractivity contribution is -0.270.